The zero-order chi connectivity index (χ0) is 31.1. The summed E-state index contributed by atoms with van der Waals surface area (Å²) >= 11 is 0. The van der Waals surface area contributed by atoms with Crippen molar-refractivity contribution in [1.82, 2.24) is 9.80 Å². The van der Waals surface area contributed by atoms with Crippen LogP contribution in [0, 0.1) is 17.3 Å². The van der Waals surface area contributed by atoms with Gasteiger partial charge in [0.15, 0.2) is 0 Å². The Labute approximate surface area is 251 Å². The predicted octanol–water partition coefficient (Wildman–Crippen LogP) is 4.58. The fourth-order valence-corrected chi connectivity index (χ4v) is 8.10. The predicted molar refractivity (Wildman–Crippen MR) is 165 cm³/mol. The summed E-state index contributed by atoms with van der Waals surface area (Å²) in [4.78, 5) is 48.7. The molecule has 1 spiro atoms. The minimum absolute atomic E-state index is 0.0502. The van der Waals surface area contributed by atoms with Crippen LogP contribution in [0.5, 0.6) is 0 Å². The van der Waals surface area contributed by atoms with Gasteiger partial charge in [0.05, 0.1) is 17.4 Å². The van der Waals surface area contributed by atoms with Gasteiger partial charge in [0.2, 0.25) is 17.7 Å². The van der Waals surface area contributed by atoms with Crippen molar-refractivity contribution < 1.29 is 24.2 Å². The van der Waals surface area contributed by atoms with Gasteiger partial charge in [-0.2, -0.15) is 0 Å². The van der Waals surface area contributed by atoms with E-state index in [1.807, 2.05) is 42.2 Å². The van der Waals surface area contributed by atoms with Crippen LogP contribution < -0.4 is 4.90 Å². The van der Waals surface area contributed by atoms with Gasteiger partial charge in [-0.1, -0.05) is 51.1 Å². The lowest BCUT2D eigenvalue weighted by Gasteiger charge is -2.45. The highest BCUT2D eigenvalue weighted by molar-refractivity contribution is 6.03. The molecule has 3 fully saturated rings. The lowest BCUT2D eigenvalue weighted by molar-refractivity contribution is -0.156. The summed E-state index contributed by atoms with van der Waals surface area (Å²) in [7, 11) is 0. The zero-order valence-electron chi connectivity index (χ0n) is 26.3. The highest BCUT2D eigenvalue weighted by Gasteiger charge is 2.78. The number of amides is 3. The van der Waals surface area contributed by atoms with E-state index in [9.17, 15) is 19.5 Å². The Kier molecular flexibility index (Phi) is 8.83. The molecule has 3 aliphatic rings. The largest absolute Gasteiger partial charge is 0.396 e. The second-order valence-electron chi connectivity index (χ2n) is 14.2. The summed E-state index contributed by atoms with van der Waals surface area (Å²) in [5.74, 6) is -2.20. The Morgan fingerprint density at radius 2 is 1.71 bits per heavy atom. The summed E-state index contributed by atoms with van der Waals surface area (Å²) in [6.07, 6.45) is 5.53. The molecule has 0 saturated carbocycles. The molecular formula is C34H49N3O5. The maximum atomic E-state index is 14.8. The van der Waals surface area contributed by atoms with E-state index in [-0.39, 0.29) is 42.8 Å². The van der Waals surface area contributed by atoms with E-state index in [2.05, 4.69) is 47.8 Å². The number of ether oxygens (including phenoxy) is 1. The summed E-state index contributed by atoms with van der Waals surface area (Å²) < 4.78 is 6.85. The normalized spacial score (nSPS) is 28.5. The van der Waals surface area contributed by atoms with Crippen LogP contribution in [0.25, 0.3) is 0 Å². The highest BCUT2D eigenvalue weighted by Crippen LogP contribution is 2.63. The van der Waals surface area contributed by atoms with Crippen molar-refractivity contribution in [1.29, 1.82) is 0 Å². The van der Waals surface area contributed by atoms with Gasteiger partial charge in [-0.05, 0) is 64.0 Å². The molecule has 4 rings (SSSR count). The number of anilines is 1. The van der Waals surface area contributed by atoms with E-state index in [1.54, 1.807) is 22.0 Å². The molecule has 1 aromatic rings. The fraction of sp³-hybridized carbons (Fsp3) is 0.618. The quantitative estimate of drug-likeness (QED) is 0.366. The molecule has 2 bridgehead atoms. The van der Waals surface area contributed by atoms with Crippen molar-refractivity contribution >= 4 is 23.4 Å². The maximum Gasteiger partial charge on any atom is 0.249 e. The molecular weight excluding hydrogens is 530 g/mol. The van der Waals surface area contributed by atoms with E-state index in [0.29, 0.717) is 25.8 Å². The zero-order valence-corrected chi connectivity index (χ0v) is 26.3. The number of hydrogen-bond donors (Lipinski definition) is 1. The van der Waals surface area contributed by atoms with E-state index < -0.39 is 34.6 Å². The van der Waals surface area contributed by atoms with Gasteiger partial charge < -0.3 is 24.5 Å². The first-order chi connectivity index (χ1) is 19.7. The Balaban J connectivity index is 1.80. The second kappa shape index (κ2) is 11.6. The van der Waals surface area contributed by atoms with E-state index in [1.165, 1.54) is 0 Å². The molecule has 5 atom stereocenters. The van der Waals surface area contributed by atoms with Crippen LogP contribution >= 0.6 is 0 Å². The van der Waals surface area contributed by atoms with E-state index in [4.69, 9.17) is 4.74 Å². The number of fused-ring (bicyclic) bond motifs is 1. The first kappa shape index (κ1) is 32.0. The third-order valence-electron chi connectivity index (χ3n) is 9.25. The Morgan fingerprint density at radius 1 is 1.07 bits per heavy atom. The van der Waals surface area contributed by atoms with Gasteiger partial charge >= 0.3 is 0 Å². The molecule has 3 amide bonds. The van der Waals surface area contributed by atoms with Crippen molar-refractivity contribution in [2.75, 3.05) is 31.1 Å². The number of aliphatic hydroxyl groups is 1. The molecule has 3 heterocycles. The van der Waals surface area contributed by atoms with Crippen LogP contribution in [-0.2, 0) is 19.1 Å². The molecule has 0 aromatic heterocycles. The monoisotopic (exact) mass is 579 g/mol. The molecule has 2 unspecified atom stereocenters. The lowest BCUT2D eigenvalue weighted by Crippen LogP contribution is -2.61. The molecule has 3 aliphatic heterocycles. The van der Waals surface area contributed by atoms with Crippen molar-refractivity contribution in [2.24, 2.45) is 17.3 Å². The summed E-state index contributed by atoms with van der Waals surface area (Å²) in [6, 6.07) is 8.48. The number of rotatable bonds is 12. The minimum atomic E-state index is -1.13. The average molecular weight is 580 g/mol. The van der Waals surface area contributed by atoms with Gasteiger partial charge in [0.1, 0.15) is 11.6 Å². The number of hydrogen-bond acceptors (Lipinski definition) is 5. The van der Waals surface area contributed by atoms with Crippen molar-refractivity contribution in [3.8, 4) is 0 Å². The number of benzene rings is 1. The standard InChI is InChI=1S/C34H49N3O5/c1-9-19-35(24-15-12-11-13-16-24)28(39)25-26-29(40)36(21-14-22-38)27(34(26)18-17-33(25,8)42-34)30(41)37(20-10-2)32(6,7)23-31(3,4)5/h9-13,15-16,25-27,38H,1-2,14,17-23H2,3-8H3/t25-,26+,27?,33+,34?/m1/s1. The number of carbonyl (C=O) groups excluding carboxylic acids is 3. The van der Waals surface area contributed by atoms with Crippen LogP contribution in [0.3, 0.4) is 0 Å². The third-order valence-corrected chi connectivity index (χ3v) is 9.25. The number of nitrogens with zero attached hydrogens (tertiary/aromatic N) is 3. The van der Waals surface area contributed by atoms with Crippen molar-refractivity contribution in [3.63, 3.8) is 0 Å². The van der Waals surface area contributed by atoms with Gasteiger partial charge in [-0.25, -0.2) is 0 Å². The Morgan fingerprint density at radius 3 is 2.29 bits per heavy atom. The van der Waals surface area contributed by atoms with Crippen LogP contribution in [-0.4, -0.2) is 81.7 Å². The maximum absolute atomic E-state index is 14.8. The second-order valence-corrected chi connectivity index (χ2v) is 14.2. The van der Waals surface area contributed by atoms with Gasteiger partial charge in [-0.15, -0.1) is 13.2 Å². The van der Waals surface area contributed by atoms with Crippen LogP contribution in [0.4, 0.5) is 5.69 Å². The number of likely N-dealkylation sites (tertiary alicyclic amines) is 1. The number of para-hydroxylation sites is 1. The molecule has 42 heavy (non-hydrogen) atoms. The molecule has 0 radical (unpaired) electrons. The first-order valence-corrected chi connectivity index (χ1v) is 15.2. The summed E-state index contributed by atoms with van der Waals surface area (Å²) in [6.45, 7) is 21.0. The van der Waals surface area contributed by atoms with Crippen LogP contribution in [0.2, 0.25) is 0 Å². The van der Waals surface area contributed by atoms with E-state index in [0.717, 1.165) is 12.1 Å². The molecule has 1 N–H and O–H groups in total. The highest BCUT2D eigenvalue weighted by atomic mass is 16.5. The number of aliphatic hydroxyl groups excluding tert-OH is 1. The average Bonchev–Trinajstić information content (AvgIpc) is 3.48. The molecule has 1 aromatic carbocycles. The molecule has 8 heteroatoms. The SMILES string of the molecule is C=CCN(C(=O)[C@H]1[C@H]2C(=O)N(CCCO)C(C(=O)N(CC=C)C(C)(C)CC(C)(C)C)C23CC[C@]1(C)O3)c1ccccc1. The van der Waals surface area contributed by atoms with Crippen molar-refractivity contribution in [2.45, 2.75) is 90.0 Å². The minimum Gasteiger partial charge on any atom is -0.396 e. The summed E-state index contributed by atoms with van der Waals surface area (Å²) in [5, 5.41) is 9.71. The van der Waals surface area contributed by atoms with Crippen LogP contribution in [0.1, 0.15) is 67.2 Å². The smallest absolute Gasteiger partial charge is 0.249 e. The van der Waals surface area contributed by atoms with E-state index >= 15 is 0 Å². The fourth-order valence-electron chi connectivity index (χ4n) is 8.10. The van der Waals surface area contributed by atoms with Gasteiger partial charge in [0, 0.05) is 37.5 Å². The molecule has 3 saturated heterocycles. The Hall–Kier alpha value is -2.97. The van der Waals surface area contributed by atoms with Gasteiger partial charge in [-0.3, -0.25) is 14.4 Å². The number of carbonyl (C=O) groups is 3. The lowest BCUT2D eigenvalue weighted by atomic mass is 9.65. The van der Waals surface area contributed by atoms with Gasteiger partial charge in [0.25, 0.3) is 0 Å². The Bertz CT molecular complexity index is 1210. The first-order valence-electron chi connectivity index (χ1n) is 15.2. The summed E-state index contributed by atoms with van der Waals surface area (Å²) in [5.41, 5.74) is -1.89. The van der Waals surface area contributed by atoms with Crippen LogP contribution in [0.15, 0.2) is 55.6 Å². The molecule has 0 aliphatic carbocycles. The molecule has 230 valence electrons. The van der Waals surface area contributed by atoms with Crippen molar-refractivity contribution in [3.05, 3.63) is 55.6 Å². The topological polar surface area (TPSA) is 90.4 Å². The third kappa shape index (κ3) is 5.44. The molecule has 8 nitrogen and oxygen atoms in total.